The zero-order valence-electron chi connectivity index (χ0n) is 13.6. The fraction of sp³-hybridized carbons (Fsp3) is 0.938. The van der Waals surface area contributed by atoms with Crippen LogP contribution in [0, 0.1) is 0 Å². The maximum absolute atomic E-state index is 6.25. The monoisotopic (exact) mass is 326 g/mol. The highest BCUT2D eigenvalue weighted by Crippen LogP contribution is 2.35. The quantitative estimate of drug-likeness (QED) is 0.627. The molecule has 1 aliphatic carbocycles. The molecule has 0 bridgehead atoms. The van der Waals surface area contributed by atoms with Crippen LogP contribution in [0.5, 0.6) is 0 Å². The normalized spacial score (nSPS) is 27.8. The molecule has 0 unspecified atom stereocenters. The van der Waals surface area contributed by atoms with Crippen molar-refractivity contribution in [1.29, 1.82) is 0 Å². The maximum Gasteiger partial charge on any atom is 0.191 e. The summed E-state index contributed by atoms with van der Waals surface area (Å²) in [6.07, 6.45) is 6.65. The largest absolute Gasteiger partial charge is 0.378 e. The SMILES string of the molecule is NC(=NCC1(N2CCSCC2)CCCCC1)N1CCOCC1. The number of hydrogen-bond donors (Lipinski definition) is 1. The lowest BCUT2D eigenvalue weighted by molar-refractivity contribution is 0.0621. The Hall–Kier alpha value is -0.460. The van der Waals surface area contributed by atoms with Gasteiger partial charge in [0, 0.05) is 43.2 Å². The van der Waals surface area contributed by atoms with Gasteiger partial charge in [-0.1, -0.05) is 19.3 Å². The van der Waals surface area contributed by atoms with Crippen LogP contribution in [0.4, 0.5) is 0 Å². The molecule has 2 N–H and O–H groups in total. The highest BCUT2D eigenvalue weighted by atomic mass is 32.2. The van der Waals surface area contributed by atoms with Crippen molar-refractivity contribution >= 4 is 17.7 Å². The van der Waals surface area contributed by atoms with E-state index in [1.165, 1.54) is 56.7 Å². The van der Waals surface area contributed by atoms with Crippen molar-refractivity contribution in [2.75, 3.05) is 57.4 Å². The van der Waals surface area contributed by atoms with E-state index in [0.717, 1.165) is 38.8 Å². The molecule has 2 saturated heterocycles. The first kappa shape index (κ1) is 16.4. The van der Waals surface area contributed by atoms with Gasteiger partial charge in [0.25, 0.3) is 0 Å². The molecule has 0 radical (unpaired) electrons. The molecule has 1 saturated carbocycles. The number of guanidine groups is 1. The van der Waals surface area contributed by atoms with E-state index < -0.39 is 0 Å². The average molecular weight is 327 g/mol. The third-order valence-electron chi connectivity index (χ3n) is 5.34. The number of rotatable bonds is 3. The highest BCUT2D eigenvalue weighted by molar-refractivity contribution is 7.99. The summed E-state index contributed by atoms with van der Waals surface area (Å²) in [5, 5.41) is 0. The Morgan fingerprint density at radius 3 is 2.41 bits per heavy atom. The Labute approximate surface area is 138 Å². The fourth-order valence-electron chi connectivity index (χ4n) is 3.94. The van der Waals surface area contributed by atoms with E-state index in [0.29, 0.717) is 0 Å². The van der Waals surface area contributed by atoms with Crippen LogP contribution in [0.25, 0.3) is 0 Å². The lowest BCUT2D eigenvalue weighted by Gasteiger charge is -2.47. The maximum atomic E-state index is 6.25. The second-order valence-corrected chi connectivity index (χ2v) is 7.88. The Morgan fingerprint density at radius 2 is 1.73 bits per heavy atom. The van der Waals surface area contributed by atoms with Crippen LogP contribution in [-0.4, -0.2) is 78.7 Å². The molecule has 22 heavy (non-hydrogen) atoms. The molecule has 2 aliphatic heterocycles. The lowest BCUT2D eigenvalue weighted by Crippen LogP contribution is -2.56. The molecule has 0 amide bonds. The van der Waals surface area contributed by atoms with Gasteiger partial charge in [-0.15, -0.1) is 0 Å². The summed E-state index contributed by atoms with van der Waals surface area (Å²) in [6.45, 7) is 6.61. The molecule has 0 aromatic rings. The molecule has 0 aromatic heterocycles. The molecule has 3 fully saturated rings. The van der Waals surface area contributed by atoms with Crippen molar-refractivity contribution in [2.45, 2.75) is 37.6 Å². The summed E-state index contributed by atoms with van der Waals surface area (Å²) in [5.74, 6) is 3.26. The van der Waals surface area contributed by atoms with Gasteiger partial charge in [-0.25, -0.2) is 0 Å². The molecule has 3 aliphatic rings. The molecule has 0 aromatic carbocycles. The summed E-state index contributed by atoms with van der Waals surface area (Å²) in [5.41, 5.74) is 6.53. The van der Waals surface area contributed by atoms with E-state index >= 15 is 0 Å². The molecule has 126 valence electrons. The topological polar surface area (TPSA) is 54.1 Å². The predicted molar refractivity (Wildman–Crippen MR) is 93.6 cm³/mol. The van der Waals surface area contributed by atoms with Crippen LogP contribution in [0.15, 0.2) is 4.99 Å². The van der Waals surface area contributed by atoms with Crippen LogP contribution >= 0.6 is 11.8 Å². The second-order valence-electron chi connectivity index (χ2n) is 6.66. The van der Waals surface area contributed by atoms with Crippen molar-refractivity contribution in [1.82, 2.24) is 9.80 Å². The molecule has 3 rings (SSSR count). The molecule has 6 heteroatoms. The first-order valence-corrected chi connectivity index (χ1v) is 9.91. The minimum atomic E-state index is 0.274. The second kappa shape index (κ2) is 7.88. The molecule has 5 nitrogen and oxygen atoms in total. The van der Waals surface area contributed by atoms with Gasteiger partial charge >= 0.3 is 0 Å². The van der Waals surface area contributed by atoms with Crippen molar-refractivity contribution in [2.24, 2.45) is 10.7 Å². The van der Waals surface area contributed by atoms with Crippen LogP contribution in [0.1, 0.15) is 32.1 Å². The van der Waals surface area contributed by atoms with Gasteiger partial charge < -0.3 is 15.4 Å². The summed E-state index contributed by atoms with van der Waals surface area (Å²) < 4.78 is 5.40. The van der Waals surface area contributed by atoms with Gasteiger partial charge in [-0.05, 0) is 12.8 Å². The number of nitrogens with two attached hydrogens (primary N) is 1. The summed E-state index contributed by atoms with van der Waals surface area (Å²) in [4.78, 5) is 9.73. The van der Waals surface area contributed by atoms with Crippen molar-refractivity contribution < 1.29 is 4.74 Å². The van der Waals surface area contributed by atoms with E-state index in [1.807, 2.05) is 0 Å². The Balaban J connectivity index is 1.66. The van der Waals surface area contributed by atoms with Crippen molar-refractivity contribution in [3.8, 4) is 0 Å². The Morgan fingerprint density at radius 1 is 1.05 bits per heavy atom. The van der Waals surface area contributed by atoms with Crippen LogP contribution in [0.2, 0.25) is 0 Å². The molecular formula is C16H30N4OS. The number of nitrogens with zero attached hydrogens (tertiary/aromatic N) is 3. The minimum absolute atomic E-state index is 0.274. The summed E-state index contributed by atoms with van der Waals surface area (Å²) in [6, 6.07) is 0. The fourth-order valence-corrected chi connectivity index (χ4v) is 4.85. The summed E-state index contributed by atoms with van der Waals surface area (Å²) >= 11 is 2.08. The zero-order valence-corrected chi connectivity index (χ0v) is 14.5. The first-order chi connectivity index (χ1) is 10.8. The Bertz CT molecular complexity index is 372. The standard InChI is InChI=1S/C16H30N4OS/c17-15(19-6-10-21-11-7-19)18-14-16(4-2-1-3-5-16)20-8-12-22-13-9-20/h1-14H2,(H2,17,18). The lowest BCUT2D eigenvalue weighted by atomic mass is 9.80. The third kappa shape index (κ3) is 3.89. The number of ether oxygens (including phenoxy) is 1. The van der Waals surface area contributed by atoms with Gasteiger partial charge in [0.15, 0.2) is 5.96 Å². The zero-order chi connectivity index (χ0) is 15.3. The van der Waals surface area contributed by atoms with E-state index in [-0.39, 0.29) is 5.54 Å². The molecule has 0 spiro atoms. The van der Waals surface area contributed by atoms with Crippen LogP contribution in [-0.2, 0) is 4.74 Å². The van der Waals surface area contributed by atoms with Crippen LogP contribution in [0.3, 0.4) is 0 Å². The van der Waals surface area contributed by atoms with Crippen molar-refractivity contribution in [3.05, 3.63) is 0 Å². The Kier molecular flexibility index (Phi) is 5.88. The van der Waals surface area contributed by atoms with E-state index in [4.69, 9.17) is 15.5 Å². The smallest absolute Gasteiger partial charge is 0.191 e. The van der Waals surface area contributed by atoms with E-state index in [1.54, 1.807) is 0 Å². The summed E-state index contributed by atoms with van der Waals surface area (Å²) in [7, 11) is 0. The molecular weight excluding hydrogens is 296 g/mol. The highest BCUT2D eigenvalue weighted by Gasteiger charge is 2.38. The van der Waals surface area contributed by atoms with E-state index in [9.17, 15) is 0 Å². The van der Waals surface area contributed by atoms with Gasteiger partial charge in [0.1, 0.15) is 0 Å². The molecule has 2 heterocycles. The predicted octanol–water partition coefficient (Wildman–Crippen LogP) is 1.38. The van der Waals surface area contributed by atoms with Gasteiger partial charge in [0.05, 0.1) is 19.8 Å². The van der Waals surface area contributed by atoms with E-state index in [2.05, 4.69) is 21.6 Å². The van der Waals surface area contributed by atoms with Crippen molar-refractivity contribution in [3.63, 3.8) is 0 Å². The average Bonchev–Trinajstić information content (AvgIpc) is 2.62. The number of hydrogen-bond acceptors (Lipinski definition) is 4. The minimum Gasteiger partial charge on any atom is -0.378 e. The third-order valence-corrected chi connectivity index (χ3v) is 6.28. The number of aliphatic imine (C=N–C) groups is 1. The van der Waals surface area contributed by atoms with Gasteiger partial charge in [0.2, 0.25) is 0 Å². The van der Waals surface area contributed by atoms with Gasteiger partial charge in [-0.3, -0.25) is 9.89 Å². The number of morpholine rings is 1. The first-order valence-electron chi connectivity index (χ1n) is 8.76. The number of thioether (sulfide) groups is 1. The van der Waals surface area contributed by atoms with Gasteiger partial charge in [-0.2, -0.15) is 11.8 Å². The van der Waals surface area contributed by atoms with Crippen LogP contribution < -0.4 is 5.73 Å². The molecule has 0 atom stereocenters.